The van der Waals surface area contributed by atoms with Crippen LogP contribution in [0.3, 0.4) is 0 Å². The monoisotopic (exact) mass is 467 g/mol. The molecule has 0 aliphatic carbocycles. The van der Waals surface area contributed by atoms with E-state index >= 15 is 0 Å². The highest BCUT2D eigenvalue weighted by atomic mass is 79.9. The molecule has 2 atom stereocenters. The van der Waals surface area contributed by atoms with Crippen molar-refractivity contribution >= 4 is 27.3 Å². The van der Waals surface area contributed by atoms with E-state index in [4.69, 9.17) is 9.84 Å². The lowest BCUT2D eigenvalue weighted by Gasteiger charge is -2.38. The molecule has 2 aliphatic heterocycles. The summed E-state index contributed by atoms with van der Waals surface area (Å²) in [4.78, 5) is 10.6. The van der Waals surface area contributed by atoms with Crippen LogP contribution in [0.2, 0.25) is 0 Å². The van der Waals surface area contributed by atoms with Crippen molar-refractivity contribution in [2.45, 2.75) is 18.7 Å². The van der Waals surface area contributed by atoms with Crippen LogP contribution in [-0.2, 0) is 0 Å². The molecule has 0 saturated carbocycles. The summed E-state index contributed by atoms with van der Waals surface area (Å²) in [5.41, 5.74) is 3.48. The van der Waals surface area contributed by atoms with E-state index in [1.54, 1.807) is 24.3 Å². The zero-order chi connectivity index (χ0) is 20.8. The molecule has 0 bridgehead atoms. The lowest BCUT2D eigenvalue weighted by molar-refractivity contribution is -0.384. The largest absolute Gasteiger partial charge is 0.464 e. The molecule has 6 nitrogen and oxygen atoms in total. The summed E-state index contributed by atoms with van der Waals surface area (Å²) < 4.78 is 20.6. The van der Waals surface area contributed by atoms with Gasteiger partial charge < -0.3 is 4.74 Å². The Morgan fingerprint density at radius 3 is 2.53 bits per heavy atom. The van der Waals surface area contributed by atoms with Crippen LogP contribution in [0.15, 0.2) is 76.3 Å². The lowest BCUT2D eigenvalue weighted by Crippen LogP contribution is -2.33. The molecule has 0 aromatic heterocycles. The molecule has 0 spiro atoms. The Labute approximate surface area is 179 Å². The minimum absolute atomic E-state index is 0.0207. The molecule has 150 valence electrons. The molecule has 5 rings (SSSR count). The van der Waals surface area contributed by atoms with Crippen molar-refractivity contribution in [1.82, 2.24) is 5.01 Å². The van der Waals surface area contributed by atoms with E-state index in [9.17, 15) is 14.5 Å². The maximum atomic E-state index is 13.4. The van der Waals surface area contributed by atoms with Crippen molar-refractivity contribution in [3.05, 3.63) is 104 Å². The third kappa shape index (κ3) is 3.23. The number of non-ortho nitro benzene ring substituents is 1. The van der Waals surface area contributed by atoms with Crippen LogP contribution < -0.4 is 4.74 Å². The number of nitro groups is 1. The molecule has 30 heavy (non-hydrogen) atoms. The zero-order valence-electron chi connectivity index (χ0n) is 15.5. The van der Waals surface area contributed by atoms with E-state index in [0.29, 0.717) is 6.42 Å². The normalized spacial score (nSPS) is 19.5. The number of hydrogen-bond acceptors (Lipinski definition) is 5. The summed E-state index contributed by atoms with van der Waals surface area (Å²) in [6, 6.07) is 18.4. The highest BCUT2D eigenvalue weighted by Crippen LogP contribution is 2.48. The second-order valence-electron chi connectivity index (χ2n) is 7.15. The fourth-order valence-corrected chi connectivity index (χ4v) is 4.23. The molecule has 2 heterocycles. The molecule has 0 unspecified atom stereocenters. The summed E-state index contributed by atoms with van der Waals surface area (Å²) in [7, 11) is 0. The topological polar surface area (TPSA) is 68.0 Å². The fraction of sp³-hybridized carbons (Fsp3) is 0.136. The maximum absolute atomic E-state index is 13.4. The van der Waals surface area contributed by atoms with Gasteiger partial charge in [0.05, 0.1) is 16.7 Å². The predicted octanol–water partition coefficient (Wildman–Crippen LogP) is 5.74. The molecule has 8 heteroatoms. The summed E-state index contributed by atoms with van der Waals surface area (Å²) >= 11 is 3.52. The van der Waals surface area contributed by atoms with Crippen molar-refractivity contribution in [2.24, 2.45) is 5.10 Å². The highest BCUT2D eigenvalue weighted by Gasteiger charge is 2.41. The summed E-state index contributed by atoms with van der Waals surface area (Å²) in [6.07, 6.45) is 0.115. The molecule has 3 aromatic rings. The number of hydrazone groups is 1. The van der Waals surface area contributed by atoms with Gasteiger partial charge in [-0.25, -0.2) is 9.40 Å². The Balaban J connectivity index is 1.57. The highest BCUT2D eigenvalue weighted by molar-refractivity contribution is 9.10. The average molecular weight is 468 g/mol. The summed E-state index contributed by atoms with van der Waals surface area (Å²) in [5.74, 6) is 0.454. The predicted molar refractivity (Wildman–Crippen MR) is 113 cm³/mol. The molecule has 0 fully saturated rings. The Morgan fingerprint density at radius 2 is 1.83 bits per heavy atom. The number of benzene rings is 3. The molecule has 2 aliphatic rings. The number of nitro benzene ring substituents is 1. The number of hydrogen-bond donors (Lipinski definition) is 0. The molecule has 0 amide bonds. The third-order valence-electron chi connectivity index (χ3n) is 5.32. The van der Waals surface area contributed by atoms with Crippen molar-refractivity contribution in [1.29, 1.82) is 0 Å². The fourth-order valence-electron chi connectivity index (χ4n) is 3.86. The van der Waals surface area contributed by atoms with Crippen molar-refractivity contribution in [3.63, 3.8) is 0 Å². The Kier molecular flexibility index (Phi) is 4.51. The second kappa shape index (κ2) is 7.21. The Morgan fingerprint density at radius 1 is 1.10 bits per heavy atom. The van der Waals surface area contributed by atoms with Crippen LogP contribution in [0.4, 0.5) is 10.1 Å². The molecular formula is C22H15BrFN3O3. The van der Waals surface area contributed by atoms with Gasteiger partial charge >= 0.3 is 0 Å². The van der Waals surface area contributed by atoms with Gasteiger partial charge in [-0.05, 0) is 48.0 Å². The lowest BCUT2D eigenvalue weighted by atomic mass is 9.96. The van der Waals surface area contributed by atoms with Crippen molar-refractivity contribution < 1.29 is 14.1 Å². The summed E-state index contributed by atoms with van der Waals surface area (Å²) in [5, 5.41) is 17.7. The number of fused-ring (bicyclic) bond motifs is 3. The third-order valence-corrected chi connectivity index (χ3v) is 5.81. The van der Waals surface area contributed by atoms with Crippen LogP contribution in [-0.4, -0.2) is 15.6 Å². The van der Waals surface area contributed by atoms with Gasteiger partial charge in [0.15, 0.2) is 0 Å². The first-order chi connectivity index (χ1) is 14.5. The first-order valence-electron chi connectivity index (χ1n) is 9.32. The summed E-state index contributed by atoms with van der Waals surface area (Å²) in [6.45, 7) is 0. The molecule has 0 saturated heterocycles. The van der Waals surface area contributed by atoms with E-state index in [2.05, 4.69) is 15.9 Å². The van der Waals surface area contributed by atoms with Gasteiger partial charge in [-0.1, -0.05) is 28.1 Å². The van der Waals surface area contributed by atoms with E-state index in [-0.39, 0.29) is 17.5 Å². The van der Waals surface area contributed by atoms with Gasteiger partial charge in [-0.3, -0.25) is 10.1 Å². The van der Waals surface area contributed by atoms with E-state index in [0.717, 1.165) is 32.6 Å². The molecular weight excluding hydrogens is 453 g/mol. The SMILES string of the molecule is O=[N+]([O-])c1ccc([C@H]2Oc3ccc(Br)cc3[C@H]3CC(c4ccc(F)cc4)=NN32)cc1. The van der Waals surface area contributed by atoms with Gasteiger partial charge in [0.25, 0.3) is 5.69 Å². The van der Waals surface area contributed by atoms with Crippen molar-refractivity contribution in [2.75, 3.05) is 0 Å². The van der Waals surface area contributed by atoms with Crippen molar-refractivity contribution in [3.8, 4) is 5.75 Å². The standard InChI is InChI=1S/C22H15BrFN3O3/c23-15-5-10-21-18(11-15)20-12-19(13-1-6-16(24)7-2-13)25-26(20)22(30-21)14-3-8-17(9-4-14)27(28)29/h1-11,20,22H,12H2/t20-,22-/m1/s1. The molecule has 0 radical (unpaired) electrons. The first-order valence-corrected chi connectivity index (χ1v) is 10.1. The minimum atomic E-state index is -0.526. The van der Waals surface area contributed by atoms with E-state index < -0.39 is 11.2 Å². The van der Waals surface area contributed by atoms with Crippen LogP contribution in [0.1, 0.15) is 35.4 Å². The second-order valence-corrected chi connectivity index (χ2v) is 8.07. The average Bonchev–Trinajstić information content (AvgIpc) is 3.19. The van der Waals surface area contributed by atoms with Gasteiger partial charge in [-0.15, -0.1) is 0 Å². The zero-order valence-corrected chi connectivity index (χ0v) is 17.1. The number of ether oxygens (including phenoxy) is 1. The number of nitrogens with zero attached hydrogens (tertiary/aromatic N) is 3. The Hall–Kier alpha value is -3.26. The quantitative estimate of drug-likeness (QED) is 0.363. The van der Waals surface area contributed by atoms with Crippen LogP contribution in [0.25, 0.3) is 0 Å². The van der Waals surface area contributed by atoms with Gasteiger partial charge in [0, 0.05) is 34.2 Å². The number of rotatable bonds is 3. The van der Waals surface area contributed by atoms with Crippen LogP contribution in [0.5, 0.6) is 5.75 Å². The van der Waals surface area contributed by atoms with E-state index in [1.807, 2.05) is 23.2 Å². The van der Waals surface area contributed by atoms with Crippen LogP contribution in [0, 0.1) is 15.9 Å². The maximum Gasteiger partial charge on any atom is 0.269 e. The smallest absolute Gasteiger partial charge is 0.269 e. The Bertz CT molecular complexity index is 1170. The van der Waals surface area contributed by atoms with Gasteiger partial charge in [0.1, 0.15) is 11.6 Å². The van der Waals surface area contributed by atoms with Crippen LogP contribution >= 0.6 is 15.9 Å². The minimum Gasteiger partial charge on any atom is -0.464 e. The molecule has 0 N–H and O–H groups in total. The van der Waals surface area contributed by atoms with Gasteiger partial charge in [-0.2, -0.15) is 5.10 Å². The van der Waals surface area contributed by atoms with E-state index in [1.165, 1.54) is 24.3 Å². The molecule has 3 aromatic carbocycles. The number of halogens is 2. The first kappa shape index (κ1) is 18.7. The van der Waals surface area contributed by atoms with Gasteiger partial charge in [0.2, 0.25) is 6.23 Å².